The number of rotatable bonds is 2. The third-order valence-corrected chi connectivity index (χ3v) is 4.81. The van der Waals surface area contributed by atoms with E-state index in [9.17, 15) is 23.2 Å². The lowest BCUT2D eigenvalue weighted by Gasteiger charge is -2.33. The van der Waals surface area contributed by atoms with Gasteiger partial charge in [-0.15, -0.1) is 12.4 Å². The summed E-state index contributed by atoms with van der Waals surface area (Å²) in [5, 5.41) is 2.78. The van der Waals surface area contributed by atoms with Crippen molar-refractivity contribution in [1.29, 1.82) is 0 Å². The van der Waals surface area contributed by atoms with Gasteiger partial charge < -0.3 is 14.2 Å². The van der Waals surface area contributed by atoms with Gasteiger partial charge >= 0.3 is 18.0 Å². The molecule has 0 aromatic rings. The van der Waals surface area contributed by atoms with Crippen LogP contribution in [-0.2, 0) is 23.8 Å². The molecule has 0 saturated carbocycles. The molecule has 1 N–H and O–H groups in total. The van der Waals surface area contributed by atoms with E-state index >= 15 is 0 Å². The van der Waals surface area contributed by atoms with Gasteiger partial charge in [-0.05, 0) is 34.6 Å². The Morgan fingerprint density at radius 3 is 1.93 bits per heavy atom. The number of likely N-dealkylation sites (tertiary alicyclic amines) is 1. The summed E-state index contributed by atoms with van der Waals surface area (Å²) in [5.41, 5.74) is -2.80. The Balaban J connectivity index is 0.000000603. The van der Waals surface area contributed by atoms with Gasteiger partial charge in [0.15, 0.2) is 0 Å². The van der Waals surface area contributed by atoms with Crippen molar-refractivity contribution < 1.29 is 37.4 Å². The Morgan fingerprint density at radius 2 is 1.53 bits per heavy atom. The van der Waals surface area contributed by atoms with Crippen molar-refractivity contribution in [1.82, 2.24) is 10.2 Å². The normalized spacial score (nSPS) is 30.5. The number of amides is 1. The van der Waals surface area contributed by atoms with Crippen LogP contribution >= 0.6 is 12.4 Å². The molecule has 0 aliphatic carbocycles. The molecule has 0 bridgehead atoms. The first-order chi connectivity index (χ1) is 13.2. The number of hydrogen-bond donors (Lipinski definition) is 1. The molecule has 30 heavy (non-hydrogen) atoms. The number of ether oxygens (including phenoxy) is 3. The minimum atomic E-state index is -1.30. The molecule has 1 amide bonds. The maximum absolute atomic E-state index is 13.5. The molecule has 2 rings (SSSR count). The van der Waals surface area contributed by atoms with Gasteiger partial charge in [-0.2, -0.15) is 0 Å². The third-order valence-electron chi connectivity index (χ3n) is 4.81. The predicted octanol–water partition coefficient (Wildman–Crippen LogP) is 2.57. The molecular formula is C19H33ClF2N2O6. The number of carbonyl (C=O) groups excluding carboxylic acids is 3. The van der Waals surface area contributed by atoms with Crippen molar-refractivity contribution >= 4 is 30.4 Å². The molecule has 2 aliphatic rings. The Morgan fingerprint density at radius 1 is 1.00 bits per heavy atom. The highest BCUT2D eigenvalue weighted by Crippen LogP contribution is 2.33. The molecule has 4 atom stereocenters. The monoisotopic (exact) mass is 458 g/mol. The molecule has 2 aliphatic heterocycles. The summed E-state index contributed by atoms with van der Waals surface area (Å²) in [6.07, 6.45) is -2.74. The van der Waals surface area contributed by atoms with Crippen LogP contribution in [-0.4, -0.2) is 79.3 Å². The highest BCUT2D eigenvalue weighted by atomic mass is 35.5. The number of nitrogens with one attached hydrogen (secondary N) is 1. The van der Waals surface area contributed by atoms with E-state index in [4.69, 9.17) is 4.74 Å². The second-order valence-electron chi connectivity index (χ2n) is 8.66. The van der Waals surface area contributed by atoms with E-state index < -0.39 is 47.1 Å². The second-order valence-corrected chi connectivity index (χ2v) is 8.66. The number of esters is 2. The number of methoxy groups -OCH3 is 2. The van der Waals surface area contributed by atoms with Crippen LogP contribution < -0.4 is 5.32 Å². The van der Waals surface area contributed by atoms with Gasteiger partial charge in [0.25, 0.3) is 0 Å². The van der Waals surface area contributed by atoms with Gasteiger partial charge in [0, 0.05) is 19.4 Å². The molecule has 0 aromatic heterocycles. The molecule has 0 aromatic carbocycles. The van der Waals surface area contributed by atoms with Crippen LogP contribution in [0.15, 0.2) is 0 Å². The Labute approximate surface area is 182 Å². The Bertz CT molecular complexity index is 633. The fourth-order valence-corrected chi connectivity index (χ4v) is 3.32. The van der Waals surface area contributed by atoms with Gasteiger partial charge in [0.05, 0.1) is 20.8 Å². The number of nitrogens with zero attached hydrogens (tertiary/aromatic N) is 1. The summed E-state index contributed by atoms with van der Waals surface area (Å²) in [4.78, 5) is 35.8. The Kier molecular flexibility index (Phi) is 9.98. The van der Waals surface area contributed by atoms with Crippen molar-refractivity contribution in [3.8, 4) is 0 Å². The maximum Gasteiger partial charge on any atom is 0.411 e. The van der Waals surface area contributed by atoms with E-state index in [0.29, 0.717) is 0 Å². The smallest absolute Gasteiger partial charge is 0.411 e. The topological polar surface area (TPSA) is 94.2 Å². The molecule has 0 radical (unpaired) electrons. The first kappa shape index (κ1) is 28.3. The van der Waals surface area contributed by atoms with Crippen molar-refractivity contribution in [3.63, 3.8) is 0 Å². The molecule has 2 saturated heterocycles. The van der Waals surface area contributed by atoms with Crippen molar-refractivity contribution in [2.75, 3.05) is 27.3 Å². The molecule has 2 fully saturated rings. The first-order valence-electron chi connectivity index (χ1n) is 9.39. The molecule has 11 heteroatoms. The highest BCUT2D eigenvalue weighted by molar-refractivity contribution is 5.86. The van der Waals surface area contributed by atoms with Crippen LogP contribution in [0.3, 0.4) is 0 Å². The fraction of sp³-hybridized carbons (Fsp3) is 0.842. The molecule has 2 heterocycles. The van der Waals surface area contributed by atoms with Crippen LogP contribution in [0, 0.1) is 0 Å². The predicted molar refractivity (Wildman–Crippen MR) is 108 cm³/mol. The van der Waals surface area contributed by atoms with E-state index in [-0.39, 0.29) is 38.3 Å². The van der Waals surface area contributed by atoms with Crippen LogP contribution in [0.4, 0.5) is 13.6 Å². The largest absolute Gasteiger partial charge is 0.468 e. The van der Waals surface area contributed by atoms with Crippen LogP contribution in [0.25, 0.3) is 0 Å². The minimum Gasteiger partial charge on any atom is -0.468 e. The van der Waals surface area contributed by atoms with Gasteiger partial charge in [-0.3, -0.25) is 15.0 Å². The average molecular weight is 459 g/mol. The SMILES string of the molecule is COC(=O)C1(C)C[C@@H](F)CN1.COC(=O)C1(C)C[C@@H](F)CN1C(=O)OC(C)(C)C.Cl. The summed E-state index contributed by atoms with van der Waals surface area (Å²) < 4.78 is 40.5. The summed E-state index contributed by atoms with van der Waals surface area (Å²) in [7, 11) is 2.52. The number of alkyl halides is 2. The lowest BCUT2D eigenvalue weighted by atomic mass is 9.99. The third kappa shape index (κ3) is 6.94. The lowest BCUT2D eigenvalue weighted by molar-refractivity contribution is -0.152. The van der Waals surface area contributed by atoms with E-state index in [1.165, 1.54) is 21.1 Å². The zero-order valence-corrected chi connectivity index (χ0v) is 19.4. The molecule has 0 spiro atoms. The zero-order chi connectivity index (χ0) is 22.6. The fourth-order valence-electron chi connectivity index (χ4n) is 3.32. The van der Waals surface area contributed by atoms with E-state index in [2.05, 4.69) is 14.8 Å². The van der Waals surface area contributed by atoms with Gasteiger partial charge in [0.2, 0.25) is 0 Å². The van der Waals surface area contributed by atoms with Gasteiger partial charge in [-0.1, -0.05) is 0 Å². The minimum absolute atomic E-state index is 0. The number of carbonyl (C=O) groups is 3. The van der Waals surface area contributed by atoms with E-state index in [1.54, 1.807) is 27.7 Å². The Hall–Kier alpha value is -1.68. The standard InChI is InChI=1S/C12H20FNO4.C7H12FNO2.ClH/c1-11(2,3)18-10(16)14-7-8(13)6-12(14,4)9(15)17-5;1-7(6(10)11-2)3-5(8)4-9-7;/h8H,6-7H2,1-5H3;5,9H,3-4H2,1-2H3;1H/t8-,12?;5-,7?;/m11./s1. The first-order valence-corrected chi connectivity index (χ1v) is 9.39. The van der Waals surface area contributed by atoms with E-state index in [1.807, 2.05) is 0 Å². The van der Waals surface area contributed by atoms with Crippen LogP contribution in [0.5, 0.6) is 0 Å². The van der Waals surface area contributed by atoms with E-state index in [0.717, 1.165) is 4.90 Å². The van der Waals surface area contributed by atoms with Crippen LogP contribution in [0.2, 0.25) is 0 Å². The number of halogens is 3. The summed E-state index contributed by atoms with van der Waals surface area (Å²) >= 11 is 0. The summed E-state index contributed by atoms with van der Waals surface area (Å²) in [5.74, 6) is -1.02. The van der Waals surface area contributed by atoms with Crippen LogP contribution in [0.1, 0.15) is 47.5 Å². The average Bonchev–Trinajstić information content (AvgIpc) is 3.12. The van der Waals surface area contributed by atoms with Gasteiger partial charge in [0.1, 0.15) is 29.0 Å². The van der Waals surface area contributed by atoms with Crippen molar-refractivity contribution in [2.24, 2.45) is 0 Å². The maximum atomic E-state index is 13.5. The quantitative estimate of drug-likeness (QED) is 0.502. The van der Waals surface area contributed by atoms with Crippen molar-refractivity contribution in [2.45, 2.75) is 76.5 Å². The molecule has 2 unspecified atom stereocenters. The lowest BCUT2D eigenvalue weighted by Crippen LogP contribution is -2.52. The second kappa shape index (κ2) is 10.6. The zero-order valence-electron chi connectivity index (χ0n) is 18.5. The van der Waals surface area contributed by atoms with Gasteiger partial charge in [-0.25, -0.2) is 18.4 Å². The molecule has 176 valence electrons. The summed E-state index contributed by atoms with van der Waals surface area (Å²) in [6.45, 7) is 8.36. The highest BCUT2D eigenvalue weighted by Gasteiger charge is 2.52. The summed E-state index contributed by atoms with van der Waals surface area (Å²) in [6, 6.07) is 0. The van der Waals surface area contributed by atoms with Crippen molar-refractivity contribution in [3.05, 3.63) is 0 Å². The number of hydrogen-bond acceptors (Lipinski definition) is 7. The molecular weight excluding hydrogens is 426 g/mol. The molecule has 8 nitrogen and oxygen atoms in total.